The van der Waals surface area contributed by atoms with Crippen molar-refractivity contribution in [3.8, 4) is 5.88 Å². The van der Waals surface area contributed by atoms with Gasteiger partial charge < -0.3 is 4.74 Å². The van der Waals surface area contributed by atoms with Gasteiger partial charge in [0.25, 0.3) is 0 Å². The zero-order valence-electron chi connectivity index (χ0n) is 5.60. The fourth-order valence-electron chi connectivity index (χ4n) is 0.560. The molecule has 1 aromatic rings. The molecule has 0 atom stereocenters. The lowest BCUT2D eigenvalue weighted by molar-refractivity contribution is -0.276. The molecule has 0 saturated heterocycles. The first-order chi connectivity index (χ1) is 5.47. The summed E-state index contributed by atoms with van der Waals surface area (Å²) in [7, 11) is 0. The fourth-order valence-corrected chi connectivity index (χ4v) is 0.987. The molecule has 0 N–H and O–H groups in total. The molecule has 0 spiro atoms. The predicted molar refractivity (Wildman–Crippen MR) is 43.6 cm³/mol. The van der Waals surface area contributed by atoms with Crippen LogP contribution in [0.15, 0.2) is 18.3 Å². The Bertz CT molecular complexity index is 276. The normalized spacial score (nSPS) is 11.3. The molecule has 0 aliphatic carbocycles. The van der Waals surface area contributed by atoms with Gasteiger partial charge in [-0.25, -0.2) is 4.98 Å². The molecule has 12 heavy (non-hydrogen) atoms. The summed E-state index contributed by atoms with van der Waals surface area (Å²) in [5.74, 6) is -0.436. The Kier molecular flexibility index (Phi) is 2.76. The lowest BCUT2D eigenvalue weighted by Crippen LogP contribution is -2.17. The number of hydrogen-bond acceptors (Lipinski definition) is 2. The van der Waals surface area contributed by atoms with Gasteiger partial charge in [-0.3, -0.25) is 0 Å². The van der Waals surface area contributed by atoms with Crippen molar-refractivity contribution >= 4 is 22.6 Å². The zero-order valence-corrected chi connectivity index (χ0v) is 7.76. The van der Waals surface area contributed by atoms with Gasteiger partial charge >= 0.3 is 6.36 Å². The SMILES string of the molecule is FC(F)(F)Oc1cc(I)ccn1. The molecule has 0 fully saturated rings. The van der Waals surface area contributed by atoms with E-state index in [1.54, 1.807) is 6.07 Å². The van der Waals surface area contributed by atoms with Crippen LogP contribution in [0.5, 0.6) is 5.88 Å². The number of aromatic nitrogens is 1. The smallest absolute Gasteiger partial charge is 0.388 e. The summed E-state index contributed by atoms with van der Waals surface area (Å²) in [4.78, 5) is 3.38. The van der Waals surface area contributed by atoms with Crippen LogP contribution < -0.4 is 4.74 Å². The van der Waals surface area contributed by atoms with E-state index in [-0.39, 0.29) is 0 Å². The van der Waals surface area contributed by atoms with Gasteiger partial charge in [0.05, 0.1) is 0 Å². The highest BCUT2D eigenvalue weighted by molar-refractivity contribution is 14.1. The van der Waals surface area contributed by atoms with E-state index in [2.05, 4.69) is 9.72 Å². The van der Waals surface area contributed by atoms with Crippen LogP contribution in [0.3, 0.4) is 0 Å². The number of nitrogens with zero attached hydrogens (tertiary/aromatic N) is 1. The maximum Gasteiger partial charge on any atom is 0.574 e. The molecule has 0 aliphatic rings. The summed E-state index contributed by atoms with van der Waals surface area (Å²) in [6, 6.07) is 2.78. The van der Waals surface area contributed by atoms with E-state index >= 15 is 0 Å². The molecule has 0 amide bonds. The van der Waals surface area contributed by atoms with Gasteiger partial charge in [-0.15, -0.1) is 13.2 Å². The third-order valence-electron chi connectivity index (χ3n) is 0.917. The highest BCUT2D eigenvalue weighted by Crippen LogP contribution is 2.21. The molecule has 66 valence electrons. The largest absolute Gasteiger partial charge is 0.574 e. The summed E-state index contributed by atoms with van der Waals surface area (Å²) in [5, 5.41) is 0. The van der Waals surface area contributed by atoms with Crippen LogP contribution in [0.1, 0.15) is 0 Å². The Morgan fingerprint density at radius 3 is 2.58 bits per heavy atom. The van der Waals surface area contributed by atoms with Gasteiger partial charge in [0.2, 0.25) is 5.88 Å². The number of alkyl halides is 3. The van der Waals surface area contributed by atoms with Crippen molar-refractivity contribution in [3.63, 3.8) is 0 Å². The Morgan fingerprint density at radius 1 is 1.42 bits per heavy atom. The van der Waals surface area contributed by atoms with Crippen LogP contribution >= 0.6 is 22.6 Å². The van der Waals surface area contributed by atoms with Crippen molar-refractivity contribution in [2.75, 3.05) is 0 Å². The highest BCUT2D eigenvalue weighted by Gasteiger charge is 2.31. The molecule has 1 rings (SSSR count). The summed E-state index contributed by atoms with van der Waals surface area (Å²) < 4.78 is 39.0. The average molecular weight is 289 g/mol. The average Bonchev–Trinajstić information content (AvgIpc) is 1.82. The van der Waals surface area contributed by atoms with E-state index in [9.17, 15) is 13.2 Å². The van der Waals surface area contributed by atoms with E-state index in [1.165, 1.54) is 12.3 Å². The molecule has 0 aliphatic heterocycles. The van der Waals surface area contributed by atoms with Crippen LogP contribution in [0.25, 0.3) is 0 Å². The third-order valence-corrected chi connectivity index (χ3v) is 1.59. The van der Waals surface area contributed by atoms with Crippen LogP contribution in [-0.4, -0.2) is 11.3 Å². The fraction of sp³-hybridized carbons (Fsp3) is 0.167. The highest BCUT2D eigenvalue weighted by atomic mass is 127. The minimum atomic E-state index is -4.67. The number of halogens is 4. The molecular weight excluding hydrogens is 286 g/mol. The van der Waals surface area contributed by atoms with Crippen molar-refractivity contribution in [2.24, 2.45) is 0 Å². The first kappa shape index (κ1) is 9.56. The Morgan fingerprint density at radius 2 is 2.08 bits per heavy atom. The van der Waals surface area contributed by atoms with Crippen molar-refractivity contribution in [1.82, 2.24) is 4.98 Å². The second kappa shape index (κ2) is 3.46. The molecular formula is C6H3F3INO. The standard InChI is InChI=1S/C6H3F3INO/c7-6(8,9)12-5-3-4(10)1-2-11-5/h1-3H. The summed E-state index contributed by atoms with van der Waals surface area (Å²) in [5.41, 5.74) is 0. The molecule has 1 aromatic heterocycles. The van der Waals surface area contributed by atoms with Crippen molar-refractivity contribution < 1.29 is 17.9 Å². The quantitative estimate of drug-likeness (QED) is 0.741. The zero-order chi connectivity index (χ0) is 9.19. The first-order valence-corrected chi connectivity index (χ1v) is 3.92. The molecule has 0 unspecified atom stereocenters. The van der Waals surface area contributed by atoms with Crippen LogP contribution in [0, 0.1) is 3.57 Å². The Hall–Kier alpha value is -0.530. The lowest BCUT2D eigenvalue weighted by atomic mass is 10.5. The lowest BCUT2D eigenvalue weighted by Gasteiger charge is -2.06. The molecule has 0 aromatic carbocycles. The van der Waals surface area contributed by atoms with Crippen LogP contribution in [-0.2, 0) is 0 Å². The van der Waals surface area contributed by atoms with E-state index in [4.69, 9.17) is 0 Å². The Labute approximate surface area is 79.9 Å². The monoisotopic (exact) mass is 289 g/mol. The first-order valence-electron chi connectivity index (χ1n) is 2.85. The second-order valence-electron chi connectivity index (χ2n) is 1.86. The van der Waals surface area contributed by atoms with Crippen molar-refractivity contribution in [3.05, 3.63) is 21.9 Å². The third kappa shape index (κ3) is 3.24. The van der Waals surface area contributed by atoms with Gasteiger partial charge in [-0.2, -0.15) is 0 Å². The summed E-state index contributed by atoms with van der Waals surface area (Å²) in [6.07, 6.45) is -3.42. The number of hydrogen-bond donors (Lipinski definition) is 0. The molecule has 0 saturated carbocycles. The number of pyridine rings is 1. The van der Waals surface area contributed by atoms with Crippen molar-refractivity contribution in [1.29, 1.82) is 0 Å². The summed E-state index contributed by atoms with van der Waals surface area (Å²) >= 11 is 1.87. The van der Waals surface area contributed by atoms with Crippen LogP contribution in [0.4, 0.5) is 13.2 Å². The summed E-state index contributed by atoms with van der Waals surface area (Å²) in [6.45, 7) is 0. The van der Waals surface area contributed by atoms with Crippen LogP contribution in [0.2, 0.25) is 0 Å². The molecule has 0 radical (unpaired) electrons. The van der Waals surface area contributed by atoms with Gasteiger partial charge in [-0.1, -0.05) is 0 Å². The minimum Gasteiger partial charge on any atom is -0.388 e. The second-order valence-corrected chi connectivity index (χ2v) is 3.11. The van der Waals surface area contributed by atoms with E-state index in [0.29, 0.717) is 3.57 Å². The predicted octanol–water partition coefficient (Wildman–Crippen LogP) is 2.58. The van der Waals surface area contributed by atoms with Gasteiger partial charge in [0.1, 0.15) is 0 Å². The number of ether oxygens (including phenoxy) is 1. The van der Waals surface area contributed by atoms with E-state index in [1.807, 2.05) is 22.6 Å². The minimum absolute atomic E-state index is 0.436. The molecule has 0 bridgehead atoms. The van der Waals surface area contributed by atoms with Gasteiger partial charge in [0, 0.05) is 15.8 Å². The van der Waals surface area contributed by atoms with Crippen molar-refractivity contribution in [2.45, 2.75) is 6.36 Å². The van der Waals surface area contributed by atoms with Gasteiger partial charge in [-0.05, 0) is 28.7 Å². The maximum absolute atomic E-state index is 11.6. The van der Waals surface area contributed by atoms with E-state index < -0.39 is 12.2 Å². The molecule has 1 heterocycles. The Balaban J connectivity index is 2.77. The topological polar surface area (TPSA) is 22.1 Å². The van der Waals surface area contributed by atoms with Gasteiger partial charge in [0.15, 0.2) is 0 Å². The number of rotatable bonds is 1. The van der Waals surface area contributed by atoms with E-state index in [0.717, 1.165) is 0 Å². The maximum atomic E-state index is 11.6. The molecule has 6 heteroatoms. The molecule has 2 nitrogen and oxygen atoms in total.